The molecule has 0 radical (unpaired) electrons. The molecule has 1 heterocycles. The molecule has 2 amide bonds. The van der Waals surface area contributed by atoms with Gasteiger partial charge in [-0.15, -0.1) is 0 Å². The lowest BCUT2D eigenvalue weighted by Crippen LogP contribution is -2.37. The van der Waals surface area contributed by atoms with Crippen LogP contribution in [0.3, 0.4) is 0 Å². The van der Waals surface area contributed by atoms with Gasteiger partial charge in [-0.3, -0.25) is 9.59 Å². The van der Waals surface area contributed by atoms with E-state index in [4.69, 9.17) is 0 Å². The molecule has 1 aromatic heterocycles. The number of aliphatic hydroxyl groups excluding tert-OH is 1. The highest BCUT2D eigenvalue weighted by Crippen LogP contribution is 2.29. The van der Waals surface area contributed by atoms with Crippen molar-refractivity contribution in [3.05, 3.63) is 47.2 Å². The number of nitrogens with zero attached hydrogens (tertiary/aromatic N) is 2. The number of hydrogen-bond acceptors (Lipinski definition) is 5. The zero-order valence-electron chi connectivity index (χ0n) is 19.0. The van der Waals surface area contributed by atoms with Crippen LogP contribution in [0.25, 0.3) is 11.1 Å². The summed E-state index contributed by atoms with van der Waals surface area (Å²) in [6.45, 7) is 8.01. The van der Waals surface area contributed by atoms with Gasteiger partial charge in [-0.05, 0) is 69.9 Å². The lowest BCUT2D eigenvalue weighted by Gasteiger charge is -2.26. The van der Waals surface area contributed by atoms with Crippen molar-refractivity contribution in [2.24, 2.45) is 0 Å². The summed E-state index contributed by atoms with van der Waals surface area (Å²) < 4.78 is 0. The fourth-order valence-electron chi connectivity index (χ4n) is 3.15. The molecular weight excluding hydrogens is 392 g/mol. The number of amides is 2. The lowest BCUT2D eigenvalue weighted by molar-refractivity contribution is 0.0802. The summed E-state index contributed by atoms with van der Waals surface area (Å²) in [5.74, 6) is 0.184. The molecule has 3 N–H and O–H groups in total. The van der Waals surface area contributed by atoms with Gasteiger partial charge in [-0.1, -0.05) is 6.07 Å². The Hall–Kier alpha value is -2.93. The van der Waals surface area contributed by atoms with Gasteiger partial charge >= 0.3 is 0 Å². The first-order valence-corrected chi connectivity index (χ1v) is 10.7. The molecule has 1 aliphatic carbocycles. The minimum atomic E-state index is -0.634. The smallest absolute Gasteiger partial charge is 0.257 e. The molecule has 1 aliphatic rings. The second-order valence-electron chi connectivity index (χ2n) is 8.88. The van der Waals surface area contributed by atoms with Crippen LogP contribution < -0.4 is 10.6 Å². The van der Waals surface area contributed by atoms with Crippen molar-refractivity contribution in [3.63, 3.8) is 0 Å². The Morgan fingerprint density at radius 2 is 1.97 bits per heavy atom. The van der Waals surface area contributed by atoms with E-state index in [-0.39, 0.29) is 24.5 Å². The van der Waals surface area contributed by atoms with Crippen molar-refractivity contribution in [1.82, 2.24) is 15.2 Å². The van der Waals surface area contributed by atoms with Gasteiger partial charge in [0, 0.05) is 37.0 Å². The van der Waals surface area contributed by atoms with Gasteiger partial charge in [0.25, 0.3) is 11.8 Å². The maximum absolute atomic E-state index is 13.1. The maximum atomic E-state index is 13.1. The average molecular weight is 425 g/mol. The van der Waals surface area contributed by atoms with Crippen molar-refractivity contribution >= 4 is 17.6 Å². The van der Waals surface area contributed by atoms with Gasteiger partial charge in [0.1, 0.15) is 5.82 Å². The third-order valence-electron chi connectivity index (χ3n) is 5.51. The van der Waals surface area contributed by atoms with Gasteiger partial charge in [-0.25, -0.2) is 4.98 Å². The van der Waals surface area contributed by atoms with Crippen LogP contribution in [0.1, 0.15) is 59.9 Å². The van der Waals surface area contributed by atoms with E-state index in [1.54, 1.807) is 18.1 Å². The van der Waals surface area contributed by atoms with Crippen LogP contribution in [-0.4, -0.2) is 58.6 Å². The Morgan fingerprint density at radius 1 is 1.26 bits per heavy atom. The highest BCUT2D eigenvalue weighted by molar-refractivity contribution is 6.00. The van der Waals surface area contributed by atoms with Gasteiger partial charge in [0.2, 0.25) is 0 Å². The predicted molar refractivity (Wildman–Crippen MR) is 122 cm³/mol. The Balaban J connectivity index is 2.03. The van der Waals surface area contributed by atoms with Crippen LogP contribution in [0.15, 0.2) is 30.5 Å². The van der Waals surface area contributed by atoms with E-state index in [9.17, 15) is 14.7 Å². The summed E-state index contributed by atoms with van der Waals surface area (Å²) in [7, 11) is 1.74. The topological polar surface area (TPSA) is 94.6 Å². The quantitative estimate of drug-likeness (QED) is 0.605. The van der Waals surface area contributed by atoms with Crippen molar-refractivity contribution in [2.45, 2.75) is 52.1 Å². The summed E-state index contributed by atoms with van der Waals surface area (Å²) in [4.78, 5) is 31.7. The zero-order chi connectivity index (χ0) is 22.8. The number of rotatable bonds is 8. The van der Waals surface area contributed by atoms with E-state index in [1.807, 2.05) is 52.0 Å². The molecule has 0 bridgehead atoms. The highest BCUT2D eigenvalue weighted by Gasteiger charge is 2.25. The van der Waals surface area contributed by atoms with Gasteiger partial charge < -0.3 is 20.6 Å². The van der Waals surface area contributed by atoms with Crippen molar-refractivity contribution in [3.8, 4) is 11.1 Å². The van der Waals surface area contributed by atoms with Gasteiger partial charge in [0.15, 0.2) is 0 Å². The minimum Gasteiger partial charge on any atom is -0.394 e. The van der Waals surface area contributed by atoms with E-state index >= 15 is 0 Å². The van der Waals surface area contributed by atoms with Crippen molar-refractivity contribution < 1.29 is 14.7 Å². The van der Waals surface area contributed by atoms with Gasteiger partial charge in [-0.2, -0.15) is 0 Å². The number of pyridine rings is 1. The molecule has 1 saturated carbocycles. The number of anilines is 1. The molecule has 166 valence electrons. The fraction of sp³-hybridized carbons (Fsp3) is 0.458. The van der Waals surface area contributed by atoms with Crippen molar-refractivity contribution in [2.75, 3.05) is 25.5 Å². The molecule has 0 aliphatic heterocycles. The molecule has 31 heavy (non-hydrogen) atoms. The Kier molecular flexibility index (Phi) is 6.65. The molecule has 1 fully saturated rings. The Labute approximate surface area is 183 Å². The summed E-state index contributed by atoms with van der Waals surface area (Å²) in [5, 5.41) is 15.8. The van der Waals surface area contributed by atoms with E-state index in [0.717, 1.165) is 29.5 Å². The first-order valence-electron chi connectivity index (χ1n) is 10.7. The Bertz CT molecular complexity index is 983. The highest BCUT2D eigenvalue weighted by atomic mass is 16.3. The van der Waals surface area contributed by atoms with E-state index in [2.05, 4.69) is 15.6 Å². The molecule has 7 heteroatoms. The first-order chi connectivity index (χ1) is 14.6. The number of hydrogen-bond donors (Lipinski definition) is 3. The molecule has 1 aromatic carbocycles. The van der Waals surface area contributed by atoms with E-state index in [1.165, 1.54) is 0 Å². The maximum Gasteiger partial charge on any atom is 0.257 e. The number of nitrogens with one attached hydrogen (secondary N) is 2. The largest absolute Gasteiger partial charge is 0.394 e. The van der Waals surface area contributed by atoms with E-state index in [0.29, 0.717) is 23.5 Å². The van der Waals surface area contributed by atoms with Crippen LogP contribution in [-0.2, 0) is 0 Å². The first kappa shape index (κ1) is 22.7. The average Bonchev–Trinajstić information content (AvgIpc) is 3.57. The lowest BCUT2D eigenvalue weighted by atomic mass is 9.97. The molecule has 0 spiro atoms. The number of aliphatic hydroxyl groups is 1. The second-order valence-corrected chi connectivity index (χ2v) is 8.88. The molecule has 0 saturated heterocycles. The van der Waals surface area contributed by atoms with E-state index < -0.39 is 5.54 Å². The molecule has 2 aromatic rings. The fourth-order valence-corrected chi connectivity index (χ4v) is 3.15. The predicted octanol–water partition coefficient (Wildman–Crippen LogP) is 3.22. The van der Waals surface area contributed by atoms with Gasteiger partial charge in [0.05, 0.1) is 17.7 Å². The number of benzene rings is 1. The van der Waals surface area contributed by atoms with Crippen molar-refractivity contribution in [1.29, 1.82) is 0 Å². The normalized spacial score (nSPS) is 13.6. The summed E-state index contributed by atoms with van der Waals surface area (Å²) in [6, 6.07) is 7.68. The third kappa shape index (κ3) is 5.41. The number of carbonyl (C=O) groups is 2. The molecule has 0 unspecified atom stereocenters. The zero-order valence-corrected chi connectivity index (χ0v) is 19.0. The summed E-state index contributed by atoms with van der Waals surface area (Å²) >= 11 is 0. The van der Waals surface area contributed by atoms with Crippen LogP contribution in [0.2, 0.25) is 0 Å². The summed E-state index contributed by atoms with van der Waals surface area (Å²) in [6.07, 6.45) is 3.76. The SMILES string of the molecule is CCN(C)C(=O)c1cc(-c2cc(C(=O)NC3CC3)ccc2C)cnc1NC(C)(C)CO. The number of carbonyl (C=O) groups excluding carboxylic acids is 2. The monoisotopic (exact) mass is 424 g/mol. The number of aryl methyl sites for hydroxylation is 1. The molecule has 3 rings (SSSR count). The Morgan fingerprint density at radius 3 is 2.58 bits per heavy atom. The van der Waals surface area contributed by atoms with Crippen LogP contribution >= 0.6 is 0 Å². The minimum absolute atomic E-state index is 0.0818. The van der Waals surface area contributed by atoms with Crippen LogP contribution in [0.4, 0.5) is 5.82 Å². The van der Waals surface area contributed by atoms with Crippen LogP contribution in [0.5, 0.6) is 0 Å². The van der Waals surface area contributed by atoms with Crippen LogP contribution in [0, 0.1) is 6.92 Å². The standard InChI is InChI=1S/C24H32N4O3/c1-6-28(5)23(31)20-12-17(13-25-21(20)27-24(3,4)14-29)19-11-16(8-7-15(19)2)22(30)26-18-9-10-18/h7-8,11-13,18,29H,6,9-10,14H2,1-5H3,(H,25,27)(H,26,30). The second kappa shape index (κ2) is 9.06. The molecular formula is C24H32N4O3. The molecule has 0 atom stereocenters. The molecule has 7 nitrogen and oxygen atoms in total. The third-order valence-corrected chi connectivity index (χ3v) is 5.51. The number of aromatic nitrogens is 1. The summed E-state index contributed by atoms with van der Waals surface area (Å²) in [5.41, 5.74) is 3.00.